The first-order chi connectivity index (χ1) is 8.47. The fourth-order valence-corrected chi connectivity index (χ4v) is 3.27. The topological polar surface area (TPSA) is 42.4 Å². The Balaban J connectivity index is 1.94. The third-order valence-corrected chi connectivity index (χ3v) is 4.39. The molecule has 4 heteroatoms. The summed E-state index contributed by atoms with van der Waals surface area (Å²) in [7, 11) is 0. The van der Waals surface area contributed by atoms with Crippen LogP contribution < -0.4 is 0 Å². The zero-order chi connectivity index (χ0) is 13.2. The van der Waals surface area contributed by atoms with Crippen molar-refractivity contribution in [1.82, 2.24) is 4.98 Å². The van der Waals surface area contributed by atoms with Crippen molar-refractivity contribution < 1.29 is 9.84 Å². The van der Waals surface area contributed by atoms with E-state index in [0.29, 0.717) is 12.3 Å². The van der Waals surface area contributed by atoms with E-state index in [1.165, 1.54) is 0 Å². The monoisotopic (exact) mass is 269 g/mol. The number of aromatic nitrogens is 1. The average molecular weight is 269 g/mol. The number of ether oxygens (including phenoxy) is 1. The van der Waals surface area contributed by atoms with Crippen LogP contribution in [0.15, 0.2) is 5.38 Å². The third kappa shape index (κ3) is 3.53. The highest BCUT2D eigenvalue weighted by molar-refractivity contribution is 7.09. The molecule has 2 heterocycles. The Hall–Kier alpha value is -0.450. The van der Waals surface area contributed by atoms with Gasteiger partial charge in [0.15, 0.2) is 0 Å². The molecule has 1 aromatic rings. The van der Waals surface area contributed by atoms with Gasteiger partial charge < -0.3 is 9.84 Å². The predicted octanol–water partition coefficient (Wildman–Crippen LogP) is 2.77. The molecular weight excluding hydrogens is 246 g/mol. The molecule has 1 unspecified atom stereocenters. The number of nitrogens with zero attached hydrogens (tertiary/aromatic N) is 1. The van der Waals surface area contributed by atoms with E-state index >= 15 is 0 Å². The fraction of sp³-hybridized carbons (Fsp3) is 0.786. The Morgan fingerprint density at radius 3 is 2.67 bits per heavy atom. The molecule has 1 aliphatic rings. The summed E-state index contributed by atoms with van der Waals surface area (Å²) < 4.78 is 5.32. The van der Waals surface area contributed by atoms with Crippen molar-refractivity contribution in [3.05, 3.63) is 16.1 Å². The van der Waals surface area contributed by atoms with Gasteiger partial charge in [0.2, 0.25) is 0 Å². The summed E-state index contributed by atoms with van der Waals surface area (Å²) in [5.74, 6) is 0.376. The molecule has 0 radical (unpaired) electrons. The van der Waals surface area contributed by atoms with Gasteiger partial charge in [-0.3, -0.25) is 0 Å². The largest absolute Gasteiger partial charge is 0.392 e. The van der Waals surface area contributed by atoms with Gasteiger partial charge in [0, 0.05) is 30.4 Å². The van der Waals surface area contributed by atoms with E-state index in [0.717, 1.165) is 36.8 Å². The zero-order valence-electron chi connectivity index (χ0n) is 11.5. The van der Waals surface area contributed by atoms with Crippen LogP contribution in [-0.2, 0) is 16.6 Å². The molecule has 1 aromatic heterocycles. The molecule has 1 N–H and O–H groups in total. The number of aliphatic hydroxyl groups is 1. The van der Waals surface area contributed by atoms with Crippen molar-refractivity contribution in [3.8, 4) is 0 Å². The molecule has 0 spiro atoms. The van der Waals surface area contributed by atoms with Crippen LogP contribution in [0.5, 0.6) is 0 Å². The number of aliphatic hydroxyl groups excluding tert-OH is 1. The van der Waals surface area contributed by atoms with E-state index in [1.54, 1.807) is 11.3 Å². The Kier molecular flexibility index (Phi) is 4.41. The molecule has 3 nitrogen and oxygen atoms in total. The summed E-state index contributed by atoms with van der Waals surface area (Å²) in [5.41, 5.74) is 1.22. The van der Waals surface area contributed by atoms with E-state index in [2.05, 4.69) is 31.1 Å². The molecule has 0 saturated carbocycles. The van der Waals surface area contributed by atoms with Crippen LogP contribution in [-0.4, -0.2) is 29.4 Å². The zero-order valence-corrected chi connectivity index (χ0v) is 12.3. The van der Waals surface area contributed by atoms with E-state index in [1.807, 2.05) is 0 Å². The average Bonchev–Trinajstić information content (AvgIpc) is 2.78. The smallest absolute Gasteiger partial charge is 0.0954 e. The van der Waals surface area contributed by atoms with Crippen LogP contribution in [0.2, 0.25) is 0 Å². The minimum atomic E-state index is -0.270. The predicted molar refractivity (Wildman–Crippen MR) is 74.1 cm³/mol. The van der Waals surface area contributed by atoms with Crippen molar-refractivity contribution in [3.63, 3.8) is 0 Å². The number of thiazole rings is 1. The molecule has 2 rings (SSSR count). The highest BCUT2D eigenvalue weighted by Crippen LogP contribution is 2.26. The number of hydrogen-bond donors (Lipinski definition) is 1. The molecule has 1 saturated heterocycles. The summed E-state index contributed by atoms with van der Waals surface area (Å²) in [6, 6.07) is 0. The lowest BCUT2D eigenvalue weighted by atomic mass is 9.92. The van der Waals surface area contributed by atoms with E-state index in [9.17, 15) is 5.11 Å². The molecule has 0 aliphatic carbocycles. The van der Waals surface area contributed by atoms with Crippen LogP contribution in [0.4, 0.5) is 0 Å². The summed E-state index contributed by atoms with van der Waals surface area (Å²) >= 11 is 1.67. The summed E-state index contributed by atoms with van der Waals surface area (Å²) in [4.78, 5) is 4.64. The van der Waals surface area contributed by atoms with Gasteiger partial charge in [-0.1, -0.05) is 20.8 Å². The Labute approximate surface area is 113 Å². The van der Waals surface area contributed by atoms with Crippen LogP contribution in [0, 0.1) is 5.92 Å². The second kappa shape index (κ2) is 5.68. The van der Waals surface area contributed by atoms with Gasteiger partial charge >= 0.3 is 0 Å². The van der Waals surface area contributed by atoms with Crippen LogP contribution in [0.3, 0.4) is 0 Å². The lowest BCUT2D eigenvalue weighted by Gasteiger charge is -2.26. The van der Waals surface area contributed by atoms with E-state index in [4.69, 9.17) is 4.74 Å². The Morgan fingerprint density at radius 1 is 1.44 bits per heavy atom. The quantitative estimate of drug-likeness (QED) is 0.917. The standard InChI is InChI=1S/C14H23NO2S/c1-14(2,3)12-9-18-13(15-12)8-11(16)10-4-6-17-7-5-10/h9-11,16H,4-8H2,1-3H3. The molecule has 0 amide bonds. The molecule has 0 aromatic carbocycles. The van der Waals surface area contributed by atoms with Crippen molar-refractivity contribution in [2.75, 3.05) is 13.2 Å². The van der Waals surface area contributed by atoms with Crippen molar-refractivity contribution >= 4 is 11.3 Å². The van der Waals surface area contributed by atoms with Crippen molar-refractivity contribution in [2.24, 2.45) is 5.92 Å². The lowest BCUT2D eigenvalue weighted by molar-refractivity contribution is 0.00836. The molecule has 1 fully saturated rings. The first-order valence-electron chi connectivity index (χ1n) is 6.67. The third-order valence-electron chi connectivity index (χ3n) is 3.51. The minimum absolute atomic E-state index is 0.0956. The summed E-state index contributed by atoms with van der Waals surface area (Å²) in [6.07, 6.45) is 2.36. The Morgan fingerprint density at radius 2 is 2.11 bits per heavy atom. The minimum Gasteiger partial charge on any atom is -0.392 e. The highest BCUT2D eigenvalue weighted by Gasteiger charge is 2.24. The molecule has 0 bridgehead atoms. The van der Waals surface area contributed by atoms with Crippen molar-refractivity contribution in [1.29, 1.82) is 0 Å². The van der Waals surface area contributed by atoms with Crippen molar-refractivity contribution in [2.45, 2.75) is 51.6 Å². The molecule has 102 valence electrons. The van der Waals surface area contributed by atoms with Gasteiger partial charge in [0.1, 0.15) is 0 Å². The van der Waals surface area contributed by atoms with Crippen LogP contribution in [0.25, 0.3) is 0 Å². The summed E-state index contributed by atoms with van der Waals surface area (Å²) in [5, 5.41) is 13.4. The number of hydrogen-bond acceptors (Lipinski definition) is 4. The van der Waals surface area contributed by atoms with Gasteiger partial charge in [0.25, 0.3) is 0 Å². The van der Waals surface area contributed by atoms with E-state index in [-0.39, 0.29) is 11.5 Å². The highest BCUT2D eigenvalue weighted by atomic mass is 32.1. The van der Waals surface area contributed by atoms with Gasteiger partial charge in [-0.05, 0) is 18.8 Å². The second-order valence-electron chi connectivity index (χ2n) is 6.10. The van der Waals surface area contributed by atoms with Gasteiger partial charge in [0.05, 0.1) is 16.8 Å². The molecule has 1 aliphatic heterocycles. The molecule has 1 atom stereocenters. The fourth-order valence-electron chi connectivity index (χ4n) is 2.20. The van der Waals surface area contributed by atoms with Crippen LogP contribution in [0.1, 0.15) is 44.3 Å². The lowest BCUT2D eigenvalue weighted by Crippen LogP contribution is -2.28. The Bertz CT molecular complexity index is 377. The first kappa shape index (κ1) is 14.0. The maximum atomic E-state index is 10.3. The second-order valence-corrected chi connectivity index (χ2v) is 7.04. The van der Waals surface area contributed by atoms with Gasteiger partial charge in [-0.15, -0.1) is 11.3 Å². The van der Waals surface area contributed by atoms with E-state index < -0.39 is 0 Å². The molecular formula is C14H23NO2S. The van der Waals surface area contributed by atoms with Crippen LogP contribution >= 0.6 is 11.3 Å². The summed E-state index contributed by atoms with van der Waals surface area (Å²) in [6.45, 7) is 8.07. The first-order valence-corrected chi connectivity index (χ1v) is 7.55. The molecule has 18 heavy (non-hydrogen) atoms. The SMILES string of the molecule is CC(C)(C)c1csc(CC(O)C2CCOCC2)n1. The maximum Gasteiger partial charge on any atom is 0.0954 e. The van der Waals surface area contributed by atoms with Gasteiger partial charge in [-0.25, -0.2) is 4.98 Å². The van der Waals surface area contributed by atoms with Gasteiger partial charge in [-0.2, -0.15) is 0 Å². The number of rotatable bonds is 3. The maximum absolute atomic E-state index is 10.3. The normalized spacial score (nSPS) is 20.0.